The molecule has 1 aromatic carbocycles. The van der Waals surface area contributed by atoms with Crippen LogP contribution in [0.3, 0.4) is 0 Å². The molecular weight excluding hydrogens is 481 g/mol. The Kier molecular flexibility index (Phi) is 9.21. The summed E-state index contributed by atoms with van der Waals surface area (Å²) in [7, 11) is 1.75. The van der Waals surface area contributed by atoms with Gasteiger partial charge in [0, 0.05) is 26.7 Å². The summed E-state index contributed by atoms with van der Waals surface area (Å²) in [6.45, 7) is 2.32. The van der Waals surface area contributed by atoms with Crippen molar-refractivity contribution in [3.63, 3.8) is 0 Å². The number of rotatable bonds is 7. The number of nitriles is 1. The molecule has 1 atom stereocenters. The van der Waals surface area contributed by atoms with Crippen molar-refractivity contribution in [3.05, 3.63) is 41.6 Å². The number of halogens is 1. The highest BCUT2D eigenvalue weighted by atomic mass is 127. The Labute approximate surface area is 188 Å². The van der Waals surface area contributed by atoms with Crippen LogP contribution in [0.25, 0.3) is 5.69 Å². The van der Waals surface area contributed by atoms with E-state index in [4.69, 9.17) is 10.5 Å². The van der Waals surface area contributed by atoms with Crippen molar-refractivity contribution in [3.8, 4) is 11.8 Å². The first-order chi connectivity index (χ1) is 13.7. The summed E-state index contributed by atoms with van der Waals surface area (Å²) in [4.78, 5) is 4.23. The minimum Gasteiger partial charge on any atom is -0.382 e. The lowest BCUT2D eigenvalue weighted by molar-refractivity contribution is 0.114. The van der Waals surface area contributed by atoms with E-state index in [9.17, 15) is 5.26 Å². The zero-order valence-electron chi connectivity index (χ0n) is 16.6. The summed E-state index contributed by atoms with van der Waals surface area (Å²) in [5.74, 6) is 1.14. The highest BCUT2D eigenvalue weighted by Crippen LogP contribution is 2.21. The van der Waals surface area contributed by atoms with Gasteiger partial charge in [-0.05, 0) is 37.8 Å². The number of benzene rings is 1. The number of hydrogen-bond acceptors (Lipinski definition) is 5. The van der Waals surface area contributed by atoms with E-state index in [1.807, 2.05) is 30.3 Å². The largest absolute Gasteiger partial charge is 0.382 e. The third kappa shape index (κ3) is 6.08. The van der Waals surface area contributed by atoms with Crippen LogP contribution in [0.4, 0.5) is 5.82 Å². The molecule has 29 heavy (non-hydrogen) atoms. The van der Waals surface area contributed by atoms with E-state index in [1.165, 1.54) is 0 Å². The van der Waals surface area contributed by atoms with Gasteiger partial charge in [0.05, 0.1) is 17.5 Å². The molecule has 2 heterocycles. The molecular formula is C20H28IN7O. The number of ether oxygens (including phenoxy) is 1. The van der Waals surface area contributed by atoms with Crippen molar-refractivity contribution >= 4 is 35.8 Å². The van der Waals surface area contributed by atoms with E-state index < -0.39 is 0 Å². The van der Waals surface area contributed by atoms with Gasteiger partial charge in [-0.15, -0.1) is 24.0 Å². The number of guanidine groups is 1. The van der Waals surface area contributed by atoms with Crippen LogP contribution in [-0.4, -0.2) is 48.6 Å². The zero-order chi connectivity index (χ0) is 19.8. The molecule has 0 saturated carbocycles. The van der Waals surface area contributed by atoms with E-state index in [0.717, 1.165) is 44.1 Å². The summed E-state index contributed by atoms with van der Waals surface area (Å²) in [5.41, 5.74) is 8.15. The second-order valence-electron chi connectivity index (χ2n) is 6.68. The van der Waals surface area contributed by atoms with Gasteiger partial charge in [-0.25, -0.2) is 4.68 Å². The van der Waals surface area contributed by atoms with Gasteiger partial charge in [0.25, 0.3) is 0 Å². The van der Waals surface area contributed by atoms with Gasteiger partial charge in [-0.2, -0.15) is 10.4 Å². The third-order valence-electron chi connectivity index (χ3n) is 4.73. The van der Waals surface area contributed by atoms with Crippen molar-refractivity contribution in [2.75, 3.05) is 32.5 Å². The molecule has 0 radical (unpaired) electrons. The smallest absolute Gasteiger partial charge is 0.191 e. The Morgan fingerprint density at radius 3 is 2.83 bits per heavy atom. The quantitative estimate of drug-likeness (QED) is 0.228. The molecule has 1 aliphatic heterocycles. The van der Waals surface area contributed by atoms with Gasteiger partial charge in [0.1, 0.15) is 17.5 Å². The van der Waals surface area contributed by atoms with Gasteiger partial charge >= 0.3 is 0 Å². The first-order valence-electron chi connectivity index (χ1n) is 9.62. The lowest BCUT2D eigenvalue weighted by atomic mass is 10.1. The molecule has 4 N–H and O–H groups in total. The summed E-state index contributed by atoms with van der Waals surface area (Å²) in [6, 6.07) is 11.8. The minimum atomic E-state index is 0. The van der Waals surface area contributed by atoms with E-state index >= 15 is 0 Å². The van der Waals surface area contributed by atoms with Gasteiger partial charge < -0.3 is 21.1 Å². The number of nitrogens with two attached hydrogens (primary N) is 1. The molecule has 0 amide bonds. The second kappa shape index (κ2) is 11.6. The maximum Gasteiger partial charge on any atom is 0.191 e. The maximum absolute atomic E-state index is 9.48. The van der Waals surface area contributed by atoms with Crippen LogP contribution in [0, 0.1) is 11.3 Å². The zero-order valence-corrected chi connectivity index (χ0v) is 18.9. The third-order valence-corrected chi connectivity index (χ3v) is 4.73. The molecule has 1 fully saturated rings. The number of nitrogen functional groups attached to an aromatic ring is 1. The lowest BCUT2D eigenvalue weighted by Gasteiger charge is -2.14. The first-order valence-corrected chi connectivity index (χ1v) is 9.62. The number of nitrogens with zero attached hydrogens (tertiary/aromatic N) is 4. The van der Waals surface area contributed by atoms with Gasteiger partial charge in [-0.3, -0.25) is 4.99 Å². The van der Waals surface area contributed by atoms with Crippen LogP contribution < -0.4 is 16.4 Å². The first kappa shape index (κ1) is 23.0. The lowest BCUT2D eigenvalue weighted by Crippen LogP contribution is -2.41. The number of nitrogens with one attached hydrogen (secondary N) is 2. The maximum atomic E-state index is 9.48. The fraction of sp³-hybridized carbons (Fsp3) is 0.450. The standard InChI is InChI=1S/C20H27N7O.HI/c1-23-20(25-14-16-9-6-12-28-16)24-11-5-10-18-17(13-21)19(22)27(26-18)15-7-3-2-4-8-15;/h2-4,7-8,16H,5-6,9-12,14,22H2,1H3,(H2,23,24,25);1H. The van der Waals surface area contributed by atoms with Gasteiger partial charge in [0.2, 0.25) is 0 Å². The Hall–Kier alpha value is -2.32. The SMILES string of the molecule is CN=C(NCCCc1nn(-c2ccccc2)c(N)c1C#N)NCC1CCCO1.I. The van der Waals surface area contributed by atoms with Crippen LogP contribution in [0.5, 0.6) is 0 Å². The summed E-state index contributed by atoms with van der Waals surface area (Å²) in [5, 5.41) is 20.6. The predicted octanol–water partition coefficient (Wildman–Crippen LogP) is 2.22. The van der Waals surface area contributed by atoms with Crippen LogP contribution in [0.2, 0.25) is 0 Å². The average molecular weight is 509 g/mol. The molecule has 0 aliphatic carbocycles. The highest BCUT2D eigenvalue weighted by Gasteiger charge is 2.17. The second-order valence-corrected chi connectivity index (χ2v) is 6.68. The van der Waals surface area contributed by atoms with Crippen molar-refractivity contribution in [2.24, 2.45) is 4.99 Å². The number of anilines is 1. The Bertz CT molecular complexity index is 839. The average Bonchev–Trinajstić information content (AvgIpc) is 3.35. The van der Waals surface area contributed by atoms with Crippen LogP contribution in [0.1, 0.15) is 30.5 Å². The fourth-order valence-corrected chi connectivity index (χ4v) is 3.24. The topological polar surface area (TPSA) is 113 Å². The van der Waals surface area contributed by atoms with Crippen molar-refractivity contribution in [1.82, 2.24) is 20.4 Å². The monoisotopic (exact) mass is 509 g/mol. The Morgan fingerprint density at radius 1 is 1.38 bits per heavy atom. The van der Waals surface area contributed by atoms with Gasteiger partial charge in [-0.1, -0.05) is 18.2 Å². The van der Waals surface area contributed by atoms with E-state index in [1.54, 1.807) is 11.7 Å². The van der Waals surface area contributed by atoms with Crippen molar-refractivity contribution < 1.29 is 4.74 Å². The number of aryl methyl sites for hydroxylation is 1. The van der Waals surface area contributed by atoms with Crippen molar-refractivity contribution in [2.45, 2.75) is 31.8 Å². The molecule has 9 heteroatoms. The molecule has 0 spiro atoms. The Morgan fingerprint density at radius 2 is 2.17 bits per heavy atom. The summed E-state index contributed by atoms with van der Waals surface area (Å²) in [6.07, 6.45) is 3.94. The molecule has 2 aromatic rings. The molecule has 1 saturated heterocycles. The van der Waals surface area contributed by atoms with Crippen LogP contribution in [0.15, 0.2) is 35.3 Å². The van der Waals surface area contributed by atoms with E-state index in [0.29, 0.717) is 30.0 Å². The minimum absolute atomic E-state index is 0. The molecule has 156 valence electrons. The molecule has 8 nitrogen and oxygen atoms in total. The van der Waals surface area contributed by atoms with E-state index in [2.05, 4.69) is 26.8 Å². The predicted molar refractivity (Wildman–Crippen MR) is 125 cm³/mol. The molecule has 1 unspecified atom stereocenters. The number of aliphatic imine (C=N–C) groups is 1. The number of para-hydroxylation sites is 1. The molecule has 1 aromatic heterocycles. The van der Waals surface area contributed by atoms with E-state index in [-0.39, 0.29) is 30.1 Å². The van der Waals surface area contributed by atoms with Crippen molar-refractivity contribution in [1.29, 1.82) is 5.26 Å². The fourth-order valence-electron chi connectivity index (χ4n) is 3.24. The van der Waals surface area contributed by atoms with Crippen LogP contribution >= 0.6 is 24.0 Å². The number of aromatic nitrogens is 2. The Balaban J connectivity index is 0.00000300. The van der Waals surface area contributed by atoms with Gasteiger partial charge in [0.15, 0.2) is 5.96 Å². The highest BCUT2D eigenvalue weighted by molar-refractivity contribution is 14.0. The summed E-state index contributed by atoms with van der Waals surface area (Å²) < 4.78 is 7.24. The molecule has 3 rings (SSSR count). The summed E-state index contributed by atoms with van der Waals surface area (Å²) >= 11 is 0. The van der Waals surface area contributed by atoms with Crippen LogP contribution in [-0.2, 0) is 11.2 Å². The number of hydrogen-bond donors (Lipinski definition) is 3. The molecule has 1 aliphatic rings. The molecule has 0 bridgehead atoms. The normalized spacial score (nSPS) is 16.1.